The Kier molecular flexibility index (Phi) is 3.37. The van der Waals surface area contributed by atoms with Gasteiger partial charge in [-0.1, -0.05) is 15.9 Å². The van der Waals surface area contributed by atoms with E-state index in [4.69, 9.17) is 0 Å². The summed E-state index contributed by atoms with van der Waals surface area (Å²) in [6.45, 7) is 0. The highest BCUT2D eigenvalue weighted by atomic mass is 79.9. The third-order valence-electron chi connectivity index (χ3n) is 5.77. The summed E-state index contributed by atoms with van der Waals surface area (Å²) in [7, 11) is 0. The minimum atomic E-state index is -0.277. The van der Waals surface area contributed by atoms with Crippen molar-refractivity contribution in [3.8, 4) is 0 Å². The van der Waals surface area contributed by atoms with Crippen LogP contribution < -0.4 is 5.32 Å². The number of benzene rings is 1. The minimum Gasteiger partial charge on any atom is -0.326 e. The average molecular weight is 366 g/mol. The van der Waals surface area contributed by atoms with Gasteiger partial charge in [0.15, 0.2) is 0 Å². The van der Waals surface area contributed by atoms with Crippen molar-refractivity contribution in [2.45, 2.75) is 49.3 Å². The van der Waals surface area contributed by atoms with Gasteiger partial charge in [0.2, 0.25) is 5.91 Å². The van der Waals surface area contributed by atoms with Crippen LogP contribution in [0.15, 0.2) is 24.3 Å². The third kappa shape index (κ3) is 2.70. The number of carbonyl (C=O) groups excluding carboxylic acids is 1. The van der Waals surface area contributed by atoms with Crippen LogP contribution in [0.1, 0.15) is 44.9 Å². The number of hydrogen-bond donors (Lipinski definition) is 1. The predicted molar refractivity (Wildman–Crippen MR) is 88.4 cm³/mol. The molecule has 0 radical (unpaired) electrons. The SMILES string of the molecule is O=C(CC12CC3CC(CC(Br)(C3)C1)C2)Nc1ccc(F)cc1. The lowest BCUT2D eigenvalue weighted by atomic mass is 9.48. The third-order valence-corrected chi connectivity index (χ3v) is 6.70. The van der Waals surface area contributed by atoms with E-state index >= 15 is 0 Å². The van der Waals surface area contributed by atoms with E-state index in [1.54, 1.807) is 12.1 Å². The molecule has 4 aliphatic carbocycles. The molecule has 2 nitrogen and oxygen atoms in total. The Hall–Kier alpha value is -0.900. The molecule has 1 amide bonds. The maximum Gasteiger partial charge on any atom is 0.224 e. The van der Waals surface area contributed by atoms with Gasteiger partial charge in [-0.2, -0.15) is 0 Å². The smallest absolute Gasteiger partial charge is 0.224 e. The van der Waals surface area contributed by atoms with Gasteiger partial charge in [-0.15, -0.1) is 0 Å². The molecule has 4 aliphatic rings. The van der Waals surface area contributed by atoms with Gasteiger partial charge in [0.1, 0.15) is 5.82 Å². The number of carbonyl (C=O) groups is 1. The van der Waals surface area contributed by atoms with Crippen molar-refractivity contribution in [3.63, 3.8) is 0 Å². The Morgan fingerprint density at radius 2 is 1.82 bits per heavy atom. The van der Waals surface area contributed by atoms with Crippen LogP contribution in [0.2, 0.25) is 0 Å². The molecule has 1 N–H and O–H groups in total. The largest absolute Gasteiger partial charge is 0.326 e. The van der Waals surface area contributed by atoms with Crippen molar-refractivity contribution in [2.75, 3.05) is 5.32 Å². The number of amides is 1. The Morgan fingerprint density at radius 3 is 2.41 bits per heavy atom. The quantitative estimate of drug-likeness (QED) is 0.759. The Morgan fingerprint density at radius 1 is 1.18 bits per heavy atom. The van der Waals surface area contributed by atoms with Gasteiger partial charge in [-0.05, 0) is 80.0 Å². The molecule has 0 aliphatic heterocycles. The number of nitrogens with one attached hydrogen (secondary N) is 1. The molecule has 22 heavy (non-hydrogen) atoms. The van der Waals surface area contributed by atoms with Crippen molar-refractivity contribution in [3.05, 3.63) is 30.1 Å². The standard InChI is InChI=1S/C18H21BrFNO/c19-18-8-12-5-13(9-18)7-17(6-12,11-18)10-16(22)21-15-3-1-14(20)2-4-15/h1-4,12-13H,5-11H2,(H,21,22). The van der Waals surface area contributed by atoms with Crippen LogP contribution in [0.25, 0.3) is 0 Å². The number of anilines is 1. The first kappa shape index (κ1) is 14.7. The van der Waals surface area contributed by atoms with Gasteiger partial charge in [-0.25, -0.2) is 4.39 Å². The summed E-state index contributed by atoms with van der Waals surface area (Å²) in [5.74, 6) is 1.38. The van der Waals surface area contributed by atoms with Gasteiger partial charge < -0.3 is 5.32 Å². The molecule has 4 bridgehead atoms. The maximum absolute atomic E-state index is 12.9. The fourth-order valence-electron chi connectivity index (χ4n) is 5.62. The first-order valence-electron chi connectivity index (χ1n) is 8.18. The molecule has 1 aromatic rings. The van der Waals surface area contributed by atoms with Gasteiger partial charge >= 0.3 is 0 Å². The van der Waals surface area contributed by atoms with Crippen molar-refractivity contribution in [1.29, 1.82) is 0 Å². The number of rotatable bonds is 3. The lowest BCUT2D eigenvalue weighted by molar-refractivity contribution is -0.123. The fraction of sp³-hybridized carbons (Fsp3) is 0.611. The summed E-state index contributed by atoms with van der Waals surface area (Å²) >= 11 is 3.98. The summed E-state index contributed by atoms with van der Waals surface area (Å²) in [5.41, 5.74) is 0.863. The van der Waals surface area contributed by atoms with Crippen molar-refractivity contribution >= 4 is 27.5 Å². The zero-order valence-electron chi connectivity index (χ0n) is 12.6. The summed E-state index contributed by atoms with van der Waals surface area (Å²) in [4.78, 5) is 12.5. The van der Waals surface area contributed by atoms with E-state index in [0.717, 1.165) is 18.3 Å². The molecule has 4 saturated carbocycles. The van der Waals surface area contributed by atoms with Crippen LogP contribution in [0.5, 0.6) is 0 Å². The molecule has 118 valence electrons. The van der Waals surface area contributed by atoms with Crippen LogP contribution in [0.4, 0.5) is 10.1 Å². The average Bonchev–Trinajstić information content (AvgIpc) is 2.37. The van der Waals surface area contributed by atoms with E-state index in [9.17, 15) is 9.18 Å². The lowest BCUT2D eigenvalue weighted by Gasteiger charge is -2.60. The molecule has 4 fully saturated rings. The van der Waals surface area contributed by atoms with Gasteiger partial charge in [0.25, 0.3) is 0 Å². The highest BCUT2D eigenvalue weighted by molar-refractivity contribution is 9.10. The molecular weight excluding hydrogens is 345 g/mol. The summed E-state index contributed by atoms with van der Waals surface area (Å²) in [5, 5.41) is 2.94. The minimum absolute atomic E-state index is 0.0738. The van der Waals surface area contributed by atoms with E-state index in [-0.39, 0.29) is 21.5 Å². The molecule has 0 aromatic heterocycles. The van der Waals surface area contributed by atoms with Crippen LogP contribution in [0, 0.1) is 23.1 Å². The molecular formula is C18H21BrFNO. The maximum atomic E-state index is 12.9. The number of halogens is 2. The normalized spacial score (nSPS) is 39.0. The first-order chi connectivity index (χ1) is 10.4. The molecule has 0 spiro atoms. The van der Waals surface area contributed by atoms with E-state index in [1.807, 2.05) is 0 Å². The van der Waals surface area contributed by atoms with E-state index < -0.39 is 0 Å². The van der Waals surface area contributed by atoms with Gasteiger partial charge in [0, 0.05) is 16.4 Å². The van der Waals surface area contributed by atoms with Gasteiger partial charge in [0.05, 0.1) is 0 Å². The second kappa shape index (κ2) is 5.05. The molecule has 0 saturated heterocycles. The Bertz CT molecular complexity index is 586. The molecule has 5 rings (SSSR count). The van der Waals surface area contributed by atoms with Crippen molar-refractivity contribution in [2.24, 2.45) is 17.3 Å². The first-order valence-corrected chi connectivity index (χ1v) is 8.97. The molecule has 4 heteroatoms. The molecule has 0 heterocycles. The zero-order valence-corrected chi connectivity index (χ0v) is 14.2. The Labute approximate surface area is 139 Å². The zero-order chi connectivity index (χ0) is 15.4. The summed E-state index contributed by atoms with van der Waals surface area (Å²) < 4.78 is 13.2. The number of alkyl halides is 1. The van der Waals surface area contributed by atoms with Crippen LogP contribution in [-0.2, 0) is 4.79 Å². The fourth-order valence-corrected chi connectivity index (χ4v) is 7.13. The van der Waals surface area contributed by atoms with E-state index in [0.29, 0.717) is 12.1 Å². The summed E-state index contributed by atoms with van der Waals surface area (Å²) in [6.07, 6.45) is 8.06. The Balaban J connectivity index is 1.46. The van der Waals surface area contributed by atoms with E-state index in [2.05, 4.69) is 21.2 Å². The van der Waals surface area contributed by atoms with Crippen LogP contribution >= 0.6 is 15.9 Å². The summed E-state index contributed by atoms with van der Waals surface area (Å²) in [6, 6.07) is 6.01. The monoisotopic (exact) mass is 365 g/mol. The predicted octanol–water partition coefficient (Wildman–Crippen LogP) is 4.89. The van der Waals surface area contributed by atoms with Gasteiger partial charge in [-0.3, -0.25) is 4.79 Å². The topological polar surface area (TPSA) is 29.1 Å². The highest BCUT2D eigenvalue weighted by Gasteiger charge is 2.57. The second-order valence-corrected chi connectivity index (χ2v) is 9.53. The molecule has 2 unspecified atom stereocenters. The highest BCUT2D eigenvalue weighted by Crippen LogP contribution is 2.65. The number of hydrogen-bond acceptors (Lipinski definition) is 1. The second-order valence-electron chi connectivity index (χ2n) is 7.84. The molecule has 2 atom stereocenters. The molecule has 1 aromatic carbocycles. The van der Waals surface area contributed by atoms with Crippen LogP contribution in [-0.4, -0.2) is 10.2 Å². The lowest BCUT2D eigenvalue weighted by Crippen LogP contribution is -2.53. The van der Waals surface area contributed by atoms with Crippen molar-refractivity contribution in [1.82, 2.24) is 0 Å². The van der Waals surface area contributed by atoms with Crippen molar-refractivity contribution < 1.29 is 9.18 Å². The van der Waals surface area contributed by atoms with E-state index in [1.165, 1.54) is 44.2 Å². The van der Waals surface area contributed by atoms with Crippen LogP contribution in [0.3, 0.4) is 0 Å².